The number of esters is 1. The van der Waals surface area contributed by atoms with E-state index in [1.165, 1.54) is 40.4 Å². The topological polar surface area (TPSA) is 113 Å². The van der Waals surface area contributed by atoms with Gasteiger partial charge in [0.05, 0.1) is 31.9 Å². The summed E-state index contributed by atoms with van der Waals surface area (Å²) in [5.41, 5.74) is 1.07. The van der Waals surface area contributed by atoms with Gasteiger partial charge < -0.3 is 14.2 Å². The zero-order valence-corrected chi connectivity index (χ0v) is 21.3. The summed E-state index contributed by atoms with van der Waals surface area (Å²) < 4.78 is 44.0. The summed E-state index contributed by atoms with van der Waals surface area (Å²) >= 11 is 1.15. The highest BCUT2D eigenvalue weighted by Gasteiger charge is 2.25. The summed E-state index contributed by atoms with van der Waals surface area (Å²) in [6, 6.07) is 11.7. The quantitative estimate of drug-likeness (QED) is 0.319. The van der Waals surface area contributed by atoms with E-state index >= 15 is 0 Å². The van der Waals surface area contributed by atoms with E-state index in [0.29, 0.717) is 33.7 Å². The van der Waals surface area contributed by atoms with E-state index < -0.39 is 21.2 Å². The third kappa shape index (κ3) is 5.03. The molecule has 2 aromatic carbocycles. The van der Waals surface area contributed by atoms with Crippen LogP contribution in [0.25, 0.3) is 17.1 Å². The van der Waals surface area contributed by atoms with E-state index in [4.69, 9.17) is 14.2 Å². The molecule has 0 N–H and O–H groups in total. The number of methoxy groups -OCH3 is 3. The summed E-state index contributed by atoms with van der Waals surface area (Å²) in [7, 11) is 3.66. The molecule has 0 radical (unpaired) electrons. The maximum absolute atomic E-state index is 12.7. The van der Waals surface area contributed by atoms with Crippen LogP contribution in [0.2, 0.25) is 0 Å². The maximum Gasteiger partial charge on any atom is 0.318 e. The Labute approximate surface area is 202 Å². The molecule has 0 amide bonds. The Hall–Kier alpha value is -3.09. The highest BCUT2D eigenvalue weighted by atomic mass is 32.2. The standard InChI is InChI=1S/C22H26N4O6S2/c1-14(21(27)32-6)33-22-24-23-20(15-8-7-9-17(12-15)34(28,29)25(2)3)26(22)18-13-16(30-4)10-11-19(18)31-5/h7-14H,1-6H3/t14-/m1/s1. The van der Waals surface area contributed by atoms with Gasteiger partial charge in [0.2, 0.25) is 10.0 Å². The second-order valence-corrected chi connectivity index (χ2v) is 10.7. The molecule has 1 atom stereocenters. The highest BCUT2D eigenvalue weighted by molar-refractivity contribution is 8.00. The van der Waals surface area contributed by atoms with Gasteiger partial charge in [0.1, 0.15) is 16.7 Å². The number of aromatic nitrogens is 3. The van der Waals surface area contributed by atoms with Gasteiger partial charge in [-0.2, -0.15) is 0 Å². The Morgan fingerprint density at radius 1 is 1.06 bits per heavy atom. The molecule has 0 aliphatic rings. The van der Waals surface area contributed by atoms with Crippen LogP contribution < -0.4 is 9.47 Å². The highest BCUT2D eigenvalue weighted by Crippen LogP contribution is 2.36. The summed E-state index contributed by atoms with van der Waals surface area (Å²) in [4.78, 5) is 12.2. The van der Waals surface area contributed by atoms with Crippen LogP contribution in [0.15, 0.2) is 52.5 Å². The van der Waals surface area contributed by atoms with Crippen molar-refractivity contribution in [3.63, 3.8) is 0 Å². The minimum atomic E-state index is -3.67. The molecule has 3 aromatic rings. The Bertz CT molecular complexity index is 1290. The average Bonchev–Trinajstić information content (AvgIpc) is 3.26. The molecule has 0 spiro atoms. The smallest absolute Gasteiger partial charge is 0.318 e. The number of nitrogens with zero attached hydrogens (tertiary/aromatic N) is 4. The van der Waals surface area contributed by atoms with Crippen LogP contribution in [0.1, 0.15) is 6.92 Å². The van der Waals surface area contributed by atoms with Gasteiger partial charge in [0.25, 0.3) is 0 Å². The molecule has 0 unspecified atom stereocenters. The molecule has 12 heteroatoms. The molecular formula is C22H26N4O6S2. The zero-order chi connectivity index (χ0) is 25.0. The van der Waals surface area contributed by atoms with Crippen molar-refractivity contribution >= 4 is 27.8 Å². The number of carbonyl (C=O) groups is 1. The van der Waals surface area contributed by atoms with Crippen molar-refractivity contribution in [1.82, 2.24) is 19.1 Å². The first-order chi connectivity index (χ1) is 16.1. The van der Waals surface area contributed by atoms with Gasteiger partial charge in [-0.25, -0.2) is 12.7 Å². The summed E-state index contributed by atoms with van der Waals surface area (Å²) in [5.74, 6) is 1.02. The molecule has 0 aliphatic carbocycles. The minimum absolute atomic E-state index is 0.110. The molecule has 0 aliphatic heterocycles. The number of hydrogen-bond acceptors (Lipinski definition) is 9. The van der Waals surface area contributed by atoms with E-state index in [0.717, 1.165) is 16.1 Å². The minimum Gasteiger partial charge on any atom is -0.497 e. The fraction of sp³-hybridized carbons (Fsp3) is 0.318. The third-order valence-corrected chi connectivity index (χ3v) is 7.78. The van der Waals surface area contributed by atoms with Gasteiger partial charge in [0.15, 0.2) is 11.0 Å². The molecule has 3 rings (SSSR count). The molecular weight excluding hydrogens is 480 g/mol. The molecule has 0 saturated carbocycles. The normalized spacial score (nSPS) is 12.4. The molecule has 34 heavy (non-hydrogen) atoms. The predicted octanol–water partition coefficient (Wildman–Crippen LogP) is 2.86. The number of hydrogen-bond donors (Lipinski definition) is 0. The van der Waals surface area contributed by atoms with Gasteiger partial charge in [-0.3, -0.25) is 9.36 Å². The van der Waals surface area contributed by atoms with Crippen molar-refractivity contribution in [2.45, 2.75) is 22.2 Å². The van der Waals surface area contributed by atoms with Gasteiger partial charge >= 0.3 is 5.97 Å². The lowest BCUT2D eigenvalue weighted by molar-refractivity contribution is -0.139. The molecule has 0 bridgehead atoms. The number of sulfonamides is 1. The van der Waals surface area contributed by atoms with E-state index in [9.17, 15) is 13.2 Å². The van der Waals surface area contributed by atoms with Crippen LogP contribution in [0.3, 0.4) is 0 Å². The Morgan fingerprint density at radius 3 is 2.41 bits per heavy atom. The van der Waals surface area contributed by atoms with Crippen molar-refractivity contribution in [2.75, 3.05) is 35.4 Å². The fourth-order valence-electron chi connectivity index (χ4n) is 3.10. The van der Waals surface area contributed by atoms with Gasteiger partial charge in [-0.15, -0.1) is 10.2 Å². The number of rotatable bonds is 9. The summed E-state index contributed by atoms with van der Waals surface area (Å²) in [6.45, 7) is 1.70. The lowest BCUT2D eigenvalue weighted by Crippen LogP contribution is -2.22. The first kappa shape index (κ1) is 25.5. The second kappa shape index (κ2) is 10.5. The maximum atomic E-state index is 12.7. The van der Waals surface area contributed by atoms with Crippen LogP contribution in [0.5, 0.6) is 11.5 Å². The van der Waals surface area contributed by atoms with E-state index in [-0.39, 0.29) is 4.90 Å². The van der Waals surface area contributed by atoms with E-state index in [1.807, 2.05) is 0 Å². The lowest BCUT2D eigenvalue weighted by Gasteiger charge is -2.17. The number of ether oxygens (including phenoxy) is 3. The monoisotopic (exact) mass is 506 g/mol. The van der Waals surface area contributed by atoms with Crippen LogP contribution >= 0.6 is 11.8 Å². The van der Waals surface area contributed by atoms with Crippen LogP contribution in [-0.2, 0) is 19.6 Å². The number of thioether (sulfide) groups is 1. The SMILES string of the molecule is COC(=O)[C@@H](C)Sc1nnc(-c2cccc(S(=O)(=O)N(C)C)c2)n1-c1cc(OC)ccc1OC. The van der Waals surface area contributed by atoms with Gasteiger partial charge in [-0.05, 0) is 31.2 Å². The van der Waals surface area contributed by atoms with Gasteiger partial charge in [0, 0.05) is 25.7 Å². The second-order valence-electron chi connectivity index (χ2n) is 7.28. The van der Waals surface area contributed by atoms with Gasteiger partial charge in [-0.1, -0.05) is 23.9 Å². The Kier molecular flexibility index (Phi) is 7.85. The number of carbonyl (C=O) groups excluding carboxylic acids is 1. The Morgan fingerprint density at radius 2 is 1.79 bits per heavy atom. The Balaban J connectivity index is 2.26. The van der Waals surface area contributed by atoms with Crippen molar-refractivity contribution in [3.8, 4) is 28.6 Å². The number of benzene rings is 2. The molecule has 182 valence electrons. The van der Waals surface area contributed by atoms with Crippen LogP contribution in [-0.4, -0.2) is 74.1 Å². The first-order valence-corrected chi connectivity index (χ1v) is 12.4. The van der Waals surface area contributed by atoms with Crippen LogP contribution in [0, 0.1) is 0 Å². The molecule has 10 nitrogen and oxygen atoms in total. The molecule has 1 aromatic heterocycles. The third-order valence-electron chi connectivity index (χ3n) is 4.95. The summed E-state index contributed by atoms with van der Waals surface area (Å²) in [5, 5.41) is 8.45. The molecule has 0 saturated heterocycles. The van der Waals surface area contributed by atoms with Crippen molar-refractivity contribution in [1.29, 1.82) is 0 Å². The largest absolute Gasteiger partial charge is 0.497 e. The average molecular weight is 507 g/mol. The first-order valence-electron chi connectivity index (χ1n) is 10.1. The summed E-state index contributed by atoms with van der Waals surface area (Å²) in [6.07, 6.45) is 0. The molecule has 1 heterocycles. The lowest BCUT2D eigenvalue weighted by atomic mass is 10.2. The predicted molar refractivity (Wildman–Crippen MR) is 128 cm³/mol. The zero-order valence-electron chi connectivity index (χ0n) is 19.7. The van der Waals surface area contributed by atoms with Crippen molar-refractivity contribution in [2.24, 2.45) is 0 Å². The van der Waals surface area contributed by atoms with Crippen molar-refractivity contribution < 1.29 is 27.4 Å². The van der Waals surface area contributed by atoms with E-state index in [1.54, 1.807) is 48.9 Å². The van der Waals surface area contributed by atoms with Crippen LogP contribution in [0.4, 0.5) is 0 Å². The molecule has 0 fully saturated rings. The van der Waals surface area contributed by atoms with Crippen molar-refractivity contribution in [3.05, 3.63) is 42.5 Å². The fourth-order valence-corrected chi connectivity index (χ4v) is 4.94. The van der Waals surface area contributed by atoms with E-state index in [2.05, 4.69) is 10.2 Å².